The molecule has 0 aromatic carbocycles. The van der Waals surface area contributed by atoms with Gasteiger partial charge in [-0.15, -0.1) is 0 Å². The Kier molecular flexibility index (Phi) is 5.85. The minimum Gasteiger partial charge on any atom is -0.381 e. The van der Waals surface area contributed by atoms with Crippen LogP contribution in [0.5, 0.6) is 0 Å². The summed E-state index contributed by atoms with van der Waals surface area (Å²) in [5, 5.41) is 3.63. The minimum atomic E-state index is 0.339. The predicted octanol–water partition coefficient (Wildman–Crippen LogP) is 1.90. The van der Waals surface area contributed by atoms with Crippen LogP contribution in [-0.2, 0) is 9.53 Å². The summed E-state index contributed by atoms with van der Waals surface area (Å²) in [5.74, 6) is 2.04. The molecular formula is C16H30N2O2. The zero-order chi connectivity index (χ0) is 14.5. The average Bonchev–Trinajstić information content (AvgIpc) is 3.04. The average molecular weight is 282 g/mol. The molecule has 3 atom stereocenters. The Morgan fingerprint density at radius 1 is 1.40 bits per heavy atom. The fourth-order valence-electron chi connectivity index (χ4n) is 3.24. The third-order valence-corrected chi connectivity index (χ3v) is 4.79. The third-order valence-electron chi connectivity index (χ3n) is 4.79. The number of hydrogen-bond acceptors (Lipinski definition) is 3. The van der Waals surface area contributed by atoms with Gasteiger partial charge in [-0.05, 0) is 31.2 Å². The molecule has 0 aromatic rings. The van der Waals surface area contributed by atoms with Crippen molar-refractivity contribution in [3.8, 4) is 0 Å². The summed E-state index contributed by atoms with van der Waals surface area (Å²) in [7, 11) is 0. The van der Waals surface area contributed by atoms with Crippen molar-refractivity contribution < 1.29 is 9.53 Å². The Bertz CT molecular complexity index is 314. The minimum absolute atomic E-state index is 0.339. The summed E-state index contributed by atoms with van der Waals surface area (Å²) < 4.78 is 5.53. The number of ether oxygens (including phenoxy) is 1. The Hall–Kier alpha value is -0.610. The van der Waals surface area contributed by atoms with Gasteiger partial charge in [-0.1, -0.05) is 20.8 Å². The van der Waals surface area contributed by atoms with E-state index in [1.54, 1.807) is 0 Å². The Morgan fingerprint density at radius 2 is 2.20 bits per heavy atom. The molecule has 2 heterocycles. The molecule has 1 amide bonds. The van der Waals surface area contributed by atoms with Crippen molar-refractivity contribution >= 4 is 5.91 Å². The van der Waals surface area contributed by atoms with Gasteiger partial charge in [0.25, 0.3) is 0 Å². The fraction of sp³-hybridized carbons (Fsp3) is 0.938. The maximum Gasteiger partial charge on any atom is 0.222 e. The van der Waals surface area contributed by atoms with Crippen LogP contribution < -0.4 is 5.32 Å². The topological polar surface area (TPSA) is 41.6 Å². The molecule has 2 aliphatic heterocycles. The highest BCUT2D eigenvalue weighted by Gasteiger charge is 2.35. The van der Waals surface area contributed by atoms with Crippen LogP contribution in [0.4, 0.5) is 0 Å². The number of amides is 1. The molecule has 2 fully saturated rings. The molecule has 2 saturated heterocycles. The van der Waals surface area contributed by atoms with Gasteiger partial charge in [0.2, 0.25) is 5.91 Å². The van der Waals surface area contributed by atoms with Gasteiger partial charge >= 0.3 is 0 Å². The molecule has 4 nitrogen and oxygen atoms in total. The highest BCUT2D eigenvalue weighted by Crippen LogP contribution is 2.26. The van der Waals surface area contributed by atoms with Crippen LogP contribution in [0.15, 0.2) is 0 Å². The smallest absolute Gasteiger partial charge is 0.222 e. The van der Waals surface area contributed by atoms with Crippen molar-refractivity contribution in [3.05, 3.63) is 0 Å². The van der Waals surface area contributed by atoms with Crippen molar-refractivity contribution in [3.63, 3.8) is 0 Å². The lowest BCUT2D eigenvalue weighted by atomic mass is 9.95. The Balaban J connectivity index is 1.91. The van der Waals surface area contributed by atoms with Gasteiger partial charge in [0.05, 0.1) is 6.61 Å². The first-order valence-corrected chi connectivity index (χ1v) is 8.20. The number of hydrogen-bond donors (Lipinski definition) is 1. The molecule has 1 N–H and O–H groups in total. The van der Waals surface area contributed by atoms with Gasteiger partial charge in [-0.25, -0.2) is 0 Å². The molecule has 2 rings (SSSR count). The van der Waals surface area contributed by atoms with Crippen molar-refractivity contribution in [1.82, 2.24) is 10.2 Å². The lowest BCUT2D eigenvalue weighted by Gasteiger charge is -2.29. The zero-order valence-corrected chi connectivity index (χ0v) is 13.2. The SMILES string of the molecule is CCCNC(CN1CC(C(C)C)CC1=O)C1CCOC1. The van der Waals surface area contributed by atoms with E-state index in [1.807, 2.05) is 0 Å². The van der Waals surface area contributed by atoms with Crippen molar-refractivity contribution in [2.45, 2.75) is 46.1 Å². The first-order chi connectivity index (χ1) is 9.61. The molecule has 0 radical (unpaired) electrons. The van der Waals surface area contributed by atoms with Gasteiger partial charge in [-0.2, -0.15) is 0 Å². The van der Waals surface area contributed by atoms with Crippen LogP contribution in [0.25, 0.3) is 0 Å². The van der Waals surface area contributed by atoms with Gasteiger partial charge in [0.1, 0.15) is 0 Å². The highest BCUT2D eigenvalue weighted by atomic mass is 16.5. The van der Waals surface area contributed by atoms with Crippen molar-refractivity contribution in [2.24, 2.45) is 17.8 Å². The zero-order valence-electron chi connectivity index (χ0n) is 13.2. The van der Waals surface area contributed by atoms with E-state index in [1.165, 1.54) is 0 Å². The number of carbonyl (C=O) groups excluding carboxylic acids is 1. The maximum absolute atomic E-state index is 12.2. The quantitative estimate of drug-likeness (QED) is 0.775. The van der Waals surface area contributed by atoms with Crippen LogP contribution in [-0.4, -0.2) is 49.7 Å². The molecule has 0 aromatic heterocycles. The van der Waals surface area contributed by atoms with Gasteiger partial charge < -0.3 is 15.0 Å². The molecule has 2 aliphatic rings. The van der Waals surface area contributed by atoms with E-state index >= 15 is 0 Å². The molecule has 4 heteroatoms. The molecule has 0 saturated carbocycles. The second-order valence-corrected chi connectivity index (χ2v) is 6.69. The fourth-order valence-corrected chi connectivity index (χ4v) is 3.24. The molecule has 3 unspecified atom stereocenters. The third kappa shape index (κ3) is 3.95. The van der Waals surface area contributed by atoms with Crippen molar-refractivity contribution in [1.29, 1.82) is 0 Å². The summed E-state index contributed by atoms with van der Waals surface area (Å²) in [4.78, 5) is 14.3. The van der Waals surface area contributed by atoms with Crippen LogP contribution in [0.2, 0.25) is 0 Å². The number of carbonyl (C=O) groups is 1. The summed E-state index contributed by atoms with van der Waals surface area (Å²) in [6.45, 7) is 11.2. The lowest BCUT2D eigenvalue weighted by Crippen LogP contribution is -2.46. The van der Waals surface area contributed by atoms with E-state index in [4.69, 9.17) is 4.74 Å². The van der Waals surface area contributed by atoms with Gasteiger partial charge in [0.15, 0.2) is 0 Å². The summed E-state index contributed by atoms with van der Waals surface area (Å²) in [5.41, 5.74) is 0. The number of nitrogens with zero attached hydrogens (tertiary/aromatic N) is 1. The largest absolute Gasteiger partial charge is 0.381 e. The van der Waals surface area contributed by atoms with Crippen LogP contribution in [0, 0.1) is 17.8 Å². The second kappa shape index (κ2) is 7.41. The van der Waals surface area contributed by atoms with E-state index in [-0.39, 0.29) is 0 Å². The molecule has 0 spiro atoms. The second-order valence-electron chi connectivity index (χ2n) is 6.69. The summed E-state index contributed by atoms with van der Waals surface area (Å²) in [6, 6.07) is 0.396. The van der Waals surface area contributed by atoms with E-state index in [9.17, 15) is 4.79 Å². The lowest BCUT2D eigenvalue weighted by molar-refractivity contribution is -0.128. The summed E-state index contributed by atoms with van der Waals surface area (Å²) in [6.07, 6.45) is 2.99. The predicted molar refractivity (Wildman–Crippen MR) is 80.5 cm³/mol. The van der Waals surface area contributed by atoms with Crippen LogP contribution in [0.3, 0.4) is 0 Å². The molecule has 20 heavy (non-hydrogen) atoms. The van der Waals surface area contributed by atoms with E-state index in [0.29, 0.717) is 29.7 Å². The Morgan fingerprint density at radius 3 is 2.75 bits per heavy atom. The molecule has 0 bridgehead atoms. The van der Waals surface area contributed by atoms with E-state index in [0.717, 1.165) is 52.1 Å². The normalized spacial score (nSPS) is 28.6. The van der Waals surface area contributed by atoms with E-state index < -0.39 is 0 Å². The molecule has 116 valence electrons. The summed E-state index contributed by atoms with van der Waals surface area (Å²) >= 11 is 0. The number of likely N-dealkylation sites (tertiary alicyclic amines) is 1. The molecule has 0 aliphatic carbocycles. The van der Waals surface area contributed by atoms with Crippen molar-refractivity contribution in [2.75, 3.05) is 32.8 Å². The standard InChI is InChI=1S/C16H30N2O2/c1-4-6-17-15(13-5-7-20-11-13)10-18-9-14(12(2)3)8-16(18)19/h12-15,17H,4-11H2,1-3H3. The first kappa shape index (κ1) is 15.8. The first-order valence-electron chi connectivity index (χ1n) is 8.20. The maximum atomic E-state index is 12.2. The number of nitrogens with one attached hydrogen (secondary N) is 1. The van der Waals surface area contributed by atoms with Crippen LogP contribution >= 0.6 is 0 Å². The number of rotatable bonds is 7. The van der Waals surface area contributed by atoms with E-state index in [2.05, 4.69) is 31.0 Å². The van der Waals surface area contributed by atoms with Gasteiger partial charge in [0, 0.05) is 38.1 Å². The van der Waals surface area contributed by atoms with Gasteiger partial charge in [-0.3, -0.25) is 4.79 Å². The Labute approximate surface area is 123 Å². The monoisotopic (exact) mass is 282 g/mol. The highest BCUT2D eigenvalue weighted by molar-refractivity contribution is 5.78. The molecular weight excluding hydrogens is 252 g/mol. The van der Waals surface area contributed by atoms with Crippen LogP contribution in [0.1, 0.15) is 40.0 Å².